The van der Waals surface area contributed by atoms with Crippen LogP contribution in [0.4, 0.5) is 0 Å². The molecule has 5 nitrogen and oxygen atoms in total. The zero-order valence-corrected chi connectivity index (χ0v) is 13.5. The van der Waals surface area contributed by atoms with Gasteiger partial charge in [-0.2, -0.15) is 0 Å². The highest BCUT2D eigenvalue weighted by Gasteiger charge is 2.21. The normalized spacial score (nSPS) is 11.5. The Morgan fingerprint density at radius 3 is 2.27 bits per heavy atom. The lowest BCUT2D eigenvalue weighted by Crippen LogP contribution is -2.24. The van der Waals surface area contributed by atoms with Crippen LogP contribution >= 0.6 is 0 Å². The Kier molecular flexibility index (Phi) is 7.35. The van der Waals surface area contributed by atoms with Crippen molar-refractivity contribution < 1.29 is 24.5 Å². The van der Waals surface area contributed by atoms with Crippen molar-refractivity contribution in [1.29, 1.82) is 0 Å². The smallest absolute Gasteiger partial charge is 0.342 e. The van der Waals surface area contributed by atoms with Crippen LogP contribution in [0, 0.1) is 5.92 Å². The monoisotopic (exact) mass is 310 g/mol. The number of aliphatic hydroxyl groups excluding tert-OH is 2. The predicted molar refractivity (Wildman–Crippen MR) is 84.0 cm³/mol. The number of ether oxygens (including phenoxy) is 2. The van der Waals surface area contributed by atoms with Crippen LogP contribution in [0.5, 0.6) is 5.75 Å². The second-order valence-corrected chi connectivity index (χ2v) is 6.20. The van der Waals surface area contributed by atoms with E-state index in [4.69, 9.17) is 19.7 Å². The van der Waals surface area contributed by atoms with E-state index >= 15 is 0 Å². The van der Waals surface area contributed by atoms with Gasteiger partial charge in [0.1, 0.15) is 16.9 Å². The van der Waals surface area contributed by atoms with E-state index in [-0.39, 0.29) is 19.1 Å². The van der Waals surface area contributed by atoms with Gasteiger partial charge < -0.3 is 19.7 Å². The molecular formula is C17H26O5. The van der Waals surface area contributed by atoms with Crippen LogP contribution in [0.15, 0.2) is 24.3 Å². The van der Waals surface area contributed by atoms with Gasteiger partial charge in [0, 0.05) is 13.2 Å². The standard InChI is InChI=1S/C17H26O5/c1-17(2,3)22-16(20)14-6-4-5-7-15(14)21-12-13(8-10-18)9-11-19/h4-7,13,18-19H,8-12H2,1-3H3. The minimum absolute atomic E-state index is 0.0432. The molecule has 0 atom stereocenters. The quantitative estimate of drug-likeness (QED) is 0.721. The maximum atomic E-state index is 12.2. The summed E-state index contributed by atoms with van der Waals surface area (Å²) in [4.78, 5) is 12.2. The summed E-state index contributed by atoms with van der Waals surface area (Å²) in [6.45, 7) is 5.86. The molecule has 0 fully saturated rings. The van der Waals surface area contributed by atoms with Crippen LogP contribution in [0.2, 0.25) is 0 Å². The third-order valence-corrected chi connectivity index (χ3v) is 3.06. The van der Waals surface area contributed by atoms with Crippen LogP contribution in [0.25, 0.3) is 0 Å². The van der Waals surface area contributed by atoms with Crippen molar-refractivity contribution >= 4 is 5.97 Å². The lowest BCUT2D eigenvalue weighted by atomic mass is 10.0. The van der Waals surface area contributed by atoms with Gasteiger partial charge in [0.05, 0.1) is 6.61 Å². The fourth-order valence-corrected chi connectivity index (χ4v) is 1.98. The molecule has 0 aromatic heterocycles. The maximum absolute atomic E-state index is 12.2. The summed E-state index contributed by atoms with van der Waals surface area (Å²) >= 11 is 0. The zero-order chi connectivity index (χ0) is 16.6. The molecule has 0 aliphatic rings. The van der Waals surface area contributed by atoms with Crippen molar-refractivity contribution in [3.8, 4) is 5.75 Å². The van der Waals surface area contributed by atoms with Crippen molar-refractivity contribution in [2.24, 2.45) is 5.92 Å². The molecule has 1 aromatic rings. The third-order valence-electron chi connectivity index (χ3n) is 3.06. The highest BCUT2D eigenvalue weighted by Crippen LogP contribution is 2.23. The number of carbonyl (C=O) groups is 1. The first-order chi connectivity index (χ1) is 10.4. The number of rotatable bonds is 8. The molecule has 0 aliphatic heterocycles. The average molecular weight is 310 g/mol. The molecule has 0 spiro atoms. The van der Waals surface area contributed by atoms with Gasteiger partial charge in [-0.1, -0.05) is 12.1 Å². The van der Waals surface area contributed by atoms with Gasteiger partial charge in [0.25, 0.3) is 0 Å². The maximum Gasteiger partial charge on any atom is 0.342 e. The Labute approximate surface area is 131 Å². The van der Waals surface area contributed by atoms with E-state index in [2.05, 4.69) is 0 Å². The molecule has 1 aromatic carbocycles. The number of carbonyl (C=O) groups excluding carboxylic acids is 1. The van der Waals surface area contributed by atoms with Crippen LogP contribution in [0.1, 0.15) is 44.0 Å². The predicted octanol–water partition coefficient (Wildman–Crippen LogP) is 2.40. The second kappa shape index (κ2) is 8.76. The Bertz CT molecular complexity index is 458. The van der Waals surface area contributed by atoms with Gasteiger partial charge in [-0.05, 0) is 51.7 Å². The molecule has 2 N–H and O–H groups in total. The molecule has 0 saturated heterocycles. The Morgan fingerprint density at radius 2 is 1.73 bits per heavy atom. The first-order valence-corrected chi connectivity index (χ1v) is 7.54. The van der Waals surface area contributed by atoms with Crippen molar-refractivity contribution in [3.63, 3.8) is 0 Å². The van der Waals surface area contributed by atoms with Gasteiger partial charge in [-0.3, -0.25) is 0 Å². The van der Waals surface area contributed by atoms with E-state index in [1.807, 2.05) is 20.8 Å². The third kappa shape index (κ3) is 6.45. The molecule has 0 amide bonds. The van der Waals surface area contributed by atoms with Crippen LogP contribution < -0.4 is 4.74 Å². The summed E-state index contributed by atoms with van der Waals surface area (Å²) in [6.07, 6.45) is 1.10. The highest BCUT2D eigenvalue weighted by atomic mass is 16.6. The molecule has 124 valence electrons. The summed E-state index contributed by atoms with van der Waals surface area (Å²) in [6, 6.07) is 6.92. The van der Waals surface area contributed by atoms with Crippen LogP contribution in [0.3, 0.4) is 0 Å². The van der Waals surface area contributed by atoms with Gasteiger partial charge in [-0.15, -0.1) is 0 Å². The topological polar surface area (TPSA) is 76.0 Å². The average Bonchev–Trinajstić information content (AvgIpc) is 2.44. The summed E-state index contributed by atoms with van der Waals surface area (Å²) in [5, 5.41) is 18.0. The lowest BCUT2D eigenvalue weighted by Gasteiger charge is -2.21. The van der Waals surface area contributed by atoms with Crippen LogP contribution in [-0.4, -0.2) is 41.6 Å². The first-order valence-electron chi connectivity index (χ1n) is 7.54. The van der Waals surface area contributed by atoms with E-state index in [1.165, 1.54) is 0 Å². The van der Waals surface area contributed by atoms with Gasteiger partial charge in [0.2, 0.25) is 0 Å². The van der Waals surface area contributed by atoms with Crippen molar-refractivity contribution in [3.05, 3.63) is 29.8 Å². The molecule has 22 heavy (non-hydrogen) atoms. The second-order valence-electron chi connectivity index (χ2n) is 6.20. The molecular weight excluding hydrogens is 284 g/mol. The zero-order valence-electron chi connectivity index (χ0n) is 13.5. The molecule has 0 bridgehead atoms. The summed E-state index contributed by atoms with van der Waals surface area (Å²) in [5.41, 5.74) is -0.190. The first kappa shape index (κ1) is 18.5. The molecule has 5 heteroatoms. The number of esters is 1. The molecule has 0 radical (unpaired) electrons. The van der Waals surface area contributed by atoms with E-state index in [9.17, 15) is 4.79 Å². The van der Waals surface area contributed by atoms with Gasteiger partial charge >= 0.3 is 5.97 Å². The Hall–Kier alpha value is -1.59. The van der Waals surface area contributed by atoms with E-state index in [0.29, 0.717) is 30.8 Å². The number of hydrogen-bond acceptors (Lipinski definition) is 5. The van der Waals surface area contributed by atoms with Crippen molar-refractivity contribution in [1.82, 2.24) is 0 Å². The minimum Gasteiger partial charge on any atom is -0.492 e. The van der Waals surface area contributed by atoms with Crippen molar-refractivity contribution in [2.45, 2.75) is 39.2 Å². The number of benzene rings is 1. The van der Waals surface area contributed by atoms with E-state index < -0.39 is 11.6 Å². The number of para-hydroxylation sites is 1. The van der Waals surface area contributed by atoms with Crippen LogP contribution in [-0.2, 0) is 4.74 Å². The molecule has 0 heterocycles. The fourth-order valence-electron chi connectivity index (χ4n) is 1.98. The van der Waals surface area contributed by atoms with E-state index in [1.54, 1.807) is 24.3 Å². The van der Waals surface area contributed by atoms with Gasteiger partial charge in [-0.25, -0.2) is 4.79 Å². The summed E-state index contributed by atoms with van der Waals surface area (Å²) < 4.78 is 11.1. The summed E-state index contributed by atoms with van der Waals surface area (Å²) in [7, 11) is 0. The number of hydrogen-bond donors (Lipinski definition) is 2. The van der Waals surface area contributed by atoms with Crippen molar-refractivity contribution in [2.75, 3.05) is 19.8 Å². The summed E-state index contributed by atoms with van der Waals surface area (Å²) in [5.74, 6) is 0.0725. The number of aliphatic hydroxyl groups is 2. The molecule has 0 aliphatic carbocycles. The molecule has 0 unspecified atom stereocenters. The highest BCUT2D eigenvalue weighted by molar-refractivity contribution is 5.92. The molecule has 0 saturated carbocycles. The largest absolute Gasteiger partial charge is 0.492 e. The SMILES string of the molecule is CC(C)(C)OC(=O)c1ccccc1OCC(CCO)CCO. The fraction of sp³-hybridized carbons (Fsp3) is 0.588. The Balaban J connectivity index is 2.76. The Morgan fingerprint density at radius 1 is 1.14 bits per heavy atom. The van der Waals surface area contributed by atoms with E-state index in [0.717, 1.165) is 0 Å². The molecule has 1 rings (SSSR count). The van der Waals surface area contributed by atoms with Gasteiger partial charge in [0.15, 0.2) is 0 Å². The minimum atomic E-state index is -0.569. The lowest BCUT2D eigenvalue weighted by molar-refractivity contribution is 0.00647.